The van der Waals surface area contributed by atoms with Crippen LogP contribution in [0.1, 0.15) is 166 Å². The fourth-order valence-electron chi connectivity index (χ4n) is 7.28. The van der Waals surface area contributed by atoms with Crippen molar-refractivity contribution in [2.75, 3.05) is 0 Å². The van der Waals surface area contributed by atoms with Gasteiger partial charge in [-0.05, 0) is 73.7 Å². The molecule has 0 fully saturated rings. The first-order chi connectivity index (χ1) is 29.8. The summed E-state index contributed by atoms with van der Waals surface area (Å²) in [5.41, 5.74) is 0.788. The number of hydrogen-bond acceptors (Lipinski definition) is 9. The van der Waals surface area contributed by atoms with Crippen molar-refractivity contribution < 1.29 is 45.6 Å². The molecule has 2 N–H and O–H groups in total. The molecular formula is C50H70CaO10S2. The van der Waals surface area contributed by atoms with Crippen molar-refractivity contribution in [1.29, 1.82) is 0 Å². The van der Waals surface area contributed by atoms with Crippen molar-refractivity contribution in [2.24, 2.45) is 0 Å². The Morgan fingerprint density at radius 3 is 1.24 bits per heavy atom. The third-order valence-electron chi connectivity index (χ3n) is 10.9. The van der Waals surface area contributed by atoms with Crippen LogP contribution in [0, 0.1) is 0 Å². The predicted octanol–water partition coefficient (Wildman–Crippen LogP) is 13.2. The minimum Gasteiger partial charge on any atom is -0.870 e. The van der Waals surface area contributed by atoms with Crippen molar-refractivity contribution in [3.05, 3.63) is 96.1 Å². The normalized spacial score (nSPS) is 11.4. The van der Waals surface area contributed by atoms with Crippen LogP contribution in [0.3, 0.4) is 0 Å². The molecule has 0 bridgehead atoms. The van der Waals surface area contributed by atoms with Crippen LogP contribution < -0.4 is 14.6 Å². The second kappa shape index (κ2) is 31.9. The van der Waals surface area contributed by atoms with E-state index in [2.05, 4.69) is 13.8 Å². The average molecular weight is 935 g/mol. The smallest absolute Gasteiger partial charge is 0.870 e. The van der Waals surface area contributed by atoms with Gasteiger partial charge in [-0.15, -0.1) is 0 Å². The Hall–Kier alpha value is -2.84. The number of aryl methyl sites for hydroxylation is 2. The largest absolute Gasteiger partial charge is 2.00 e. The maximum atomic E-state index is 12.7. The Bertz CT molecular complexity index is 1910. The topological polar surface area (TPSA) is 173 Å². The van der Waals surface area contributed by atoms with Gasteiger partial charge in [0, 0.05) is 6.07 Å². The van der Waals surface area contributed by atoms with Gasteiger partial charge in [0.15, 0.2) is 11.5 Å². The van der Waals surface area contributed by atoms with Gasteiger partial charge in [-0.3, -0.25) is 4.55 Å². The summed E-state index contributed by atoms with van der Waals surface area (Å²) in [6.07, 6.45) is 27.4. The summed E-state index contributed by atoms with van der Waals surface area (Å²) in [4.78, 5) is -0.689. The molecule has 4 aromatic rings. The minimum absolute atomic E-state index is 0. The van der Waals surface area contributed by atoms with E-state index in [9.17, 15) is 36.2 Å². The molecule has 63 heavy (non-hydrogen) atoms. The quantitative estimate of drug-likeness (QED) is 0.0291. The summed E-state index contributed by atoms with van der Waals surface area (Å²) >= 11 is 0. The molecule has 0 spiro atoms. The van der Waals surface area contributed by atoms with Crippen LogP contribution >= 0.6 is 0 Å². The van der Waals surface area contributed by atoms with Gasteiger partial charge in [0.05, 0.1) is 9.79 Å². The molecule has 0 heterocycles. The molecule has 4 aromatic carbocycles. The van der Waals surface area contributed by atoms with Crippen molar-refractivity contribution in [3.63, 3.8) is 0 Å². The average Bonchev–Trinajstić information content (AvgIpc) is 3.24. The minimum atomic E-state index is -4.68. The van der Waals surface area contributed by atoms with E-state index in [1.54, 1.807) is 54.6 Å². The summed E-state index contributed by atoms with van der Waals surface area (Å²) in [6, 6.07) is 22.2. The molecule has 0 radical (unpaired) electrons. The first-order valence-electron chi connectivity index (χ1n) is 22.9. The third-order valence-corrected chi connectivity index (χ3v) is 12.5. The first kappa shape index (κ1) is 56.3. The molecule has 0 unspecified atom stereocenters. The molecule has 13 heteroatoms. The van der Waals surface area contributed by atoms with Crippen LogP contribution in [0.2, 0.25) is 0 Å². The van der Waals surface area contributed by atoms with E-state index in [0.29, 0.717) is 35.5 Å². The second-order valence-corrected chi connectivity index (χ2v) is 19.0. The Labute approximate surface area is 408 Å². The predicted molar refractivity (Wildman–Crippen MR) is 251 cm³/mol. The molecule has 10 nitrogen and oxygen atoms in total. The number of benzene rings is 4. The van der Waals surface area contributed by atoms with Crippen LogP contribution in [0.25, 0.3) is 0 Å². The van der Waals surface area contributed by atoms with E-state index < -0.39 is 25.1 Å². The molecule has 0 saturated carbocycles. The van der Waals surface area contributed by atoms with Gasteiger partial charge in [-0.2, -0.15) is 8.42 Å². The molecule has 4 rings (SSSR count). The number of para-hydroxylation sites is 2. The summed E-state index contributed by atoms with van der Waals surface area (Å²) in [7, 11) is -9.08. The van der Waals surface area contributed by atoms with Crippen molar-refractivity contribution in [1.82, 2.24) is 0 Å². The zero-order valence-electron chi connectivity index (χ0n) is 37.7. The molecule has 0 aliphatic carbocycles. The fourth-order valence-corrected chi connectivity index (χ4v) is 8.37. The van der Waals surface area contributed by atoms with Crippen molar-refractivity contribution in [3.8, 4) is 34.5 Å². The fraction of sp³-hybridized carbons (Fsp3) is 0.520. The maximum Gasteiger partial charge on any atom is 2.00 e. The zero-order chi connectivity index (χ0) is 45.1. The molecule has 344 valence electrons. The molecule has 0 aliphatic heterocycles. The van der Waals surface area contributed by atoms with E-state index in [1.165, 1.54) is 115 Å². The third kappa shape index (κ3) is 23.3. The summed E-state index contributed by atoms with van der Waals surface area (Å²) in [6.45, 7) is 4.46. The molecule has 0 aromatic heterocycles. The summed E-state index contributed by atoms with van der Waals surface area (Å²) in [5.74, 6) is 0.360. The van der Waals surface area contributed by atoms with E-state index in [4.69, 9.17) is 9.47 Å². The van der Waals surface area contributed by atoms with Gasteiger partial charge < -0.3 is 24.2 Å². The van der Waals surface area contributed by atoms with Crippen LogP contribution in [0.15, 0.2) is 94.7 Å². The van der Waals surface area contributed by atoms with Crippen molar-refractivity contribution in [2.45, 2.75) is 178 Å². The molecule has 0 saturated heterocycles. The Morgan fingerprint density at radius 2 is 0.841 bits per heavy atom. The Balaban J connectivity index is 0.000000427. The number of phenolic OH excluding ortho intramolecular Hbond substituents is 1. The van der Waals surface area contributed by atoms with Gasteiger partial charge in [0.1, 0.15) is 27.4 Å². The number of ether oxygens (including phenoxy) is 2. The summed E-state index contributed by atoms with van der Waals surface area (Å²) in [5, 5.41) is 23.3. The number of aromatic hydroxyl groups is 1. The monoisotopic (exact) mass is 934 g/mol. The van der Waals surface area contributed by atoms with Gasteiger partial charge in [0.25, 0.3) is 10.1 Å². The van der Waals surface area contributed by atoms with E-state index in [1.807, 2.05) is 6.07 Å². The van der Waals surface area contributed by atoms with Crippen LogP contribution in [0.5, 0.6) is 34.5 Å². The summed E-state index contributed by atoms with van der Waals surface area (Å²) < 4.78 is 78.7. The van der Waals surface area contributed by atoms with Crippen LogP contribution in [0.4, 0.5) is 0 Å². The van der Waals surface area contributed by atoms with E-state index >= 15 is 0 Å². The van der Waals surface area contributed by atoms with E-state index in [0.717, 1.165) is 50.7 Å². The van der Waals surface area contributed by atoms with Gasteiger partial charge in [0.2, 0.25) is 0 Å². The Morgan fingerprint density at radius 1 is 0.492 bits per heavy atom. The van der Waals surface area contributed by atoms with Crippen molar-refractivity contribution >= 4 is 58.0 Å². The zero-order valence-corrected chi connectivity index (χ0v) is 41.6. The first-order valence-corrected chi connectivity index (χ1v) is 25.8. The SMILES string of the molecule is CCCCCCCCCCCCCc1cc(S(=O)(=O)O)cc(Oc2ccccc2)c1O.CCCCCCCCCCCCCc1cc(S(=O)(=O)[O-])cc(Oc2ccccc2)c1[O-].[Ca+2]. The van der Waals surface area contributed by atoms with Crippen LogP contribution in [-0.2, 0) is 33.1 Å². The molecular weight excluding hydrogens is 865 g/mol. The Kier molecular flexibility index (Phi) is 28.5. The van der Waals surface area contributed by atoms with Gasteiger partial charge in [-0.25, -0.2) is 8.42 Å². The number of rotatable bonds is 30. The number of phenols is 1. The second-order valence-electron chi connectivity index (χ2n) is 16.2. The van der Waals surface area contributed by atoms with Crippen LogP contribution in [-0.4, -0.2) is 68.8 Å². The van der Waals surface area contributed by atoms with Gasteiger partial charge >= 0.3 is 37.7 Å². The maximum absolute atomic E-state index is 12.7. The standard InChI is InChI=1S/2C25H36O5S.Ca/c2*1-2-3-4-5-6-7-8-9-10-11-13-16-21-19-23(31(27,28)29)20-24(25(21)26)30-22-17-14-12-15-18-22;/h2*12,14-15,17-20,26H,2-11,13,16H2,1H3,(H,27,28,29);/q;;+2/p-2. The van der Waals surface area contributed by atoms with E-state index in [-0.39, 0.29) is 65.6 Å². The molecule has 0 aliphatic rings. The molecule has 0 amide bonds. The number of hydrogen-bond donors (Lipinski definition) is 2. The van der Waals surface area contributed by atoms with Gasteiger partial charge in [-0.1, -0.05) is 190 Å². The number of unbranched alkanes of at least 4 members (excludes halogenated alkanes) is 20. The molecule has 0 atom stereocenters.